The van der Waals surface area contributed by atoms with Crippen LogP contribution in [0.3, 0.4) is 0 Å². The number of carbonyl (C=O) groups excluding carboxylic acids is 2. The van der Waals surface area contributed by atoms with E-state index in [0.717, 1.165) is 12.8 Å². The van der Waals surface area contributed by atoms with Gasteiger partial charge < -0.3 is 10.6 Å². The SMILES string of the molecule is CCNC(=O)C(=O)NCC1(c2ccsc2)CCCC1. The zero-order valence-electron chi connectivity index (χ0n) is 11.2. The Morgan fingerprint density at radius 2 is 1.95 bits per heavy atom. The van der Waals surface area contributed by atoms with Gasteiger partial charge >= 0.3 is 11.8 Å². The molecule has 2 amide bonds. The third kappa shape index (κ3) is 3.15. The third-order valence-electron chi connectivity index (χ3n) is 3.83. The van der Waals surface area contributed by atoms with E-state index >= 15 is 0 Å². The molecule has 0 aliphatic heterocycles. The van der Waals surface area contributed by atoms with Crippen LogP contribution in [-0.4, -0.2) is 24.9 Å². The van der Waals surface area contributed by atoms with Crippen molar-refractivity contribution in [3.8, 4) is 0 Å². The smallest absolute Gasteiger partial charge is 0.309 e. The van der Waals surface area contributed by atoms with Crippen LogP contribution in [0.4, 0.5) is 0 Å². The van der Waals surface area contributed by atoms with Crippen LogP contribution in [0.2, 0.25) is 0 Å². The molecule has 0 bridgehead atoms. The summed E-state index contributed by atoms with van der Waals surface area (Å²) in [4.78, 5) is 23.1. The lowest BCUT2D eigenvalue weighted by Gasteiger charge is -2.28. The molecule has 1 heterocycles. The maximum atomic E-state index is 11.7. The van der Waals surface area contributed by atoms with Crippen LogP contribution in [0.15, 0.2) is 16.8 Å². The van der Waals surface area contributed by atoms with Crippen LogP contribution >= 0.6 is 11.3 Å². The molecule has 0 atom stereocenters. The Kier molecular flexibility index (Phi) is 4.58. The first-order valence-electron chi connectivity index (χ1n) is 6.77. The standard InChI is InChI=1S/C14H20N2O2S/c1-2-15-12(17)13(18)16-10-14(6-3-4-7-14)11-5-8-19-9-11/h5,8-9H,2-4,6-7,10H2,1H3,(H,15,17)(H,16,18). The summed E-state index contributed by atoms with van der Waals surface area (Å²) in [5.41, 5.74) is 1.33. The quantitative estimate of drug-likeness (QED) is 0.826. The van der Waals surface area contributed by atoms with Gasteiger partial charge in [-0.05, 0) is 42.2 Å². The zero-order chi connectivity index (χ0) is 13.7. The van der Waals surface area contributed by atoms with Crippen LogP contribution in [0, 0.1) is 0 Å². The number of amides is 2. The van der Waals surface area contributed by atoms with E-state index < -0.39 is 11.8 Å². The molecule has 1 aliphatic carbocycles. The van der Waals surface area contributed by atoms with Gasteiger partial charge in [0.1, 0.15) is 0 Å². The fourth-order valence-corrected chi connectivity index (χ4v) is 3.54. The second-order valence-corrected chi connectivity index (χ2v) is 5.82. The molecule has 4 nitrogen and oxygen atoms in total. The molecule has 2 rings (SSSR count). The van der Waals surface area contributed by atoms with E-state index in [2.05, 4.69) is 27.5 Å². The molecule has 0 saturated heterocycles. The van der Waals surface area contributed by atoms with Crippen molar-refractivity contribution in [3.63, 3.8) is 0 Å². The van der Waals surface area contributed by atoms with Crippen LogP contribution in [-0.2, 0) is 15.0 Å². The van der Waals surface area contributed by atoms with Crippen molar-refractivity contribution in [1.29, 1.82) is 0 Å². The predicted octanol–water partition coefficient (Wildman–Crippen LogP) is 1.81. The average Bonchev–Trinajstić information content (AvgIpc) is 3.07. The number of nitrogens with one attached hydrogen (secondary N) is 2. The second-order valence-electron chi connectivity index (χ2n) is 5.04. The minimum atomic E-state index is -0.541. The summed E-state index contributed by atoms with van der Waals surface area (Å²) < 4.78 is 0. The third-order valence-corrected chi connectivity index (χ3v) is 4.51. The molecule has 2 N–H and O–H groups in total. The van der Waals surface area contributed by atoms with E-state index in [1.54, 1.807) is 18.3 Å². The molecule has 0 aromatic carbocycles. The van der Waals surface area contributed by atoms with Crippen molar-refractivity contribution < 1.29 is 9.59 Å². The molecular weight excluding hydrogens is 260 g/mol. The maximum Gasteiger partial charge on any atom is 0.309 e. The highest BCUT2D eigenvalue weighted by atomic mass is 32.1. The van der Waals surface area contributed by atoms with Crippen LogP contribution < -0.4 is 10.6 Å². The average molecular weight is 280 g/mol. The second kappa shape index (κ2) is 6.19. The number of hydrogen-bond donors (Lipinski definition) is 2. The highest BCUT2D eigenvalue weighted by Gasteiger charge is 2.36. The van der Waals surface area contributed by atoms with Gasteiger partial charge in [0.25, 0.3) is 0 Å². The highest BCUT2D eigenvalue weighted by Crippen LogP contribution is 2.41. The van der Waals surface area contributed by atoms with Crippen molar-refractivity contribution in [1.82, 2.24) is 10.6 Å². The van der Waals surface area contributed by atoms with Crippen LogP contribution in [0.1, 0.15) is 38.2 Å². The maximum absolute atomic E-state index is 11.7. The van der Waals surface area contributed by atoms with Gasteiger partial charge in [-0.2, -0.15) is 11.3 Å². The van der Waals surface area contributed by atoms with E-state index in [1.165, 1.54) is 18.4 Å². The van der Waals surface area contributed by atoms with Gasteiger partial charge in [-0.15, -0.1) is 0 Å². The van der Waals surface area contributed by atoms with E-state index in [1.807, 2.05) is 0 Å². The first kappa shape index (κ1) is 14.1. The summed E-state index contributed by atoms with van der Waals surface area (Å²) in [7, 11) is 0. The normalized spacial score (nSPS) is 17.1. The Morgan fingerprint density at radius 3 is 2.53 bits per heavy atom. The first-order valence-corrected chi connectivity index (χ1v) is 7.71. The van der Waals surface area contributed by atoms with Gasteiger partial charge in [-0.1, -0.05) is 12.8 Å². The van der Waals surface area contributed by atoms with E-state index in [0.29, 0.717) is 13.1 Å². The first-order chi connectivity index (χ1) is 9.18. The fraction of sp³-hybridized carbons (Fsp3) is 0.571. The predicted molar refractivity (Wildman–Crippen MR) is 76.2 cm³/mol. The van der Waals surface area contributed by atoms with Crippen molar-refractivity contribution in [2.45, 2.75) is 38.0 Å². The lowest BCUT2D eigenvalue weighted by Crippen LogP contribution is -2.45. The lowest BCUT2D eigenvalue weighted by molar-refractivity contribution is -0.139. The monoisotopic (exact) mass is 280 g/mol. The summed E-state index contributed by atoms with van der Waals surface area (Å²) in [6, 6.07) is 2.13. The number of thiophene rings is 1. The van der Waals surface area contributed by atoms with Gasteiger partial charge in [0.05, 0.1) is 0 Å². The van der Waals surface area contributed by atoms with E-state index in [4.69, 9.17) is 0 Å². The number of hydrogen-bond acceptors (Lipinski definition) is 3. The summed E-state index contributed by atoms with van der Waals surface area (Å²) in [6.45, 7) is 2.83. The Bertz CT molecular complexity index is 436. The molecular formula is C14H20N2O2S. The minimum absolute atomic E-state index is 0.0299. The molecule has 104 valence electrons. The molecule has 1 aromatic rings. The number of likely N-dealkylation sites (N-methyl/N-ethyl adjacent to an activating group) is 1. The molecule has 19 heavy (non-hydrogen) atoms. The molecule has 0 radical (unpaired) electrons. The van der Waals surface area contributed by atoms with Crippen LogP contribution in [0.5, 0.6) is 0 Å². The number of rotatable bonds is 4. The molecule has 1 aliphatic rings. The summed E-state index contributed by atoms with van der Waals surface area (Å²) in [5, 5.41) is 9.54. The Balaban J connectivity index is 1.99. The summed E-state index contributed by atoms with van der Waals surface area (Å²) >= 11 is 1.68. The Morgan fingerprint density at radius 1 is 1.26 bits per heavy atom. The van der Waals surface area contributed by atoms with Crippen molar-refractivity contribution >= 4 is 23.2 Å². The Labute approximate surface area is 117 Å². The number of carbonyl (C=O) groups is 2. The molecule has 1 fully saturated rings. The molecule has 0 spiro atoms. The van der Waals surface area contributed by atoms with E-state index in [9.17, 15) is 9.59 Å². The van der Waals surface area contributed by atoms with Gasteiger partial charge in [0.2, 0.25) is 0 Å². The van der Waals surface area contributed by atoms with Crippen molar-refractivity contribution in [2.75, 3.05) is 13.1 Å². The van der Waals surface area contributed by atoms with Gasteiger partial charge in [-0.25, -0.2) is 0 Å². The minimum Gasteiger partial charge on any atom is -0.348 e. The molecule has 0 unspecified atom stereocenters. The fourth-order valence-electron chi connectivity index (χ4n) is 2.76. The van der Waals surface area contributed by atoms with Crippen molar-refractivity contribution in [2.24, 2.45) is 0 Å². The Hall–Kier alpha value is -1.36. The molecule has 1 saturated carbocycles. The van der Waals surface area contributed by atoms with Gasteiger partial charge in [-0.3, -0.25) is 9.59 Å². The molecule has 1 aromatic heterocycles. The summed E-state index contributed by atoms with van der Waals surface area (Å²) in [5.74, 6) is -1.07. The lowest BCUT2D eigenvalue weighted by atomic mass is 9.80. The summed E-state index contributed by atoms with van der Waals surface area (Å²) in [6.07, 6.45) is 4.54. The van der Waals surface area contributed by atoms with Crippen LogP contribution in [0.25, 0.3) is 0 Å². The van der Waals surface area contributed by atoms with Gasteiger partial charge in [0, 0.05) is 18.5 Å². The molecule has 5 heteroatoms. The zero-order valence-corrected chi connectivity index (χ0v) is 12.0. The largest absolute Gasteiger partial charge is 0.348 e. The highest BCUT2D eigenvalue weighted by molar-refractivity contribution is 7.08. The van der Waals surface area contributed by atoms with E-state index in [-0.39, 0.29) is 5.41 Å². The van der Waals surface area contributed by atoms with Crippen molar-refractivity contribution in [3.05, 3.63) is 22.4 Å². The topological polar surface area (TPSA) is 58.2 Å². The van der Waals surface area contributed by atoms with Gasteiger partial charge in [0.15, 0.2) is 0 Å².